The smallest absolute Gasteiger partial charge is 0.462 e. The highest BCUT2D eigenvalue weighted by Crippen LogP contribution is 2.45. The third kappa shape index (κ3) is 67.6. The number of aliphatic hydroxyl groups is 1. The first kappa shape index (κ1) is 93.1. The van der Waals surface area contributed by atoms with Crippen LogP contribution in [0.2, 0.25) is 0 Å². The number of unbranched alkanes of at least 4 members (excludes halogenated alkanes) is 37. The maximum atomic E-state index is 13.1. The average molecular weight is 1400 g/mol. The molecular weight excluding hydrogens is 1250 g/mol. The second-order valence-electron chi connectivity index (χ2n) is 28.8. The van der Waals surface area contributed by atoms with Gasteiger partial charge in [0.25, 0.3) is 0 Å². The van der Waals surface area contributed by atoms with Crippen molar-refractivity contribution >= 4 is 39.5 Å². The van der Waals surface area contributed by atoms with Crippen LogP contribution in [-0.4, -0.2) is 96.7 Å². The monoisotopic (exact) mass is 1400 g/mol. The standard InChI is InChI=1S/C76H148O17P2/c1-9-68(7)54-46-38-30-22-19-20-24-34-43-51-59-76(81)92-71(62-86-73(78)56-48-40-32-26-25-31-39-47-55-69(8)10-2)64-90-94(82,83)88-60-70(77)61-89-95(84,85)91-65-72(63-87-74(79)57-49-41-35-27-29-37-45-53-67(5)6)93-75(80)58-50-42-33-23-18-16-14-12-11-13-15-17-21-28-36-44-52-66(3)4/h66-72,77H,9-65H2,1-8H3,(H,82,83)(H,84,85)/t68?,69?,70?,71-,72-/m1/s1. The van der Waals surface area contributed by atoms with Gasteiger partial charge in [-0.3, -0.25) is 37.3 Å². The number of rotatable bonds is 73. The summed E-state index contributed by atoms with van der Waals surface area (Å²) in [5, 5.41) is 10.6. The van der Waals surface area contributed by atoms with Gasteiger partial charge in [-0.2, -0.15) is 0 Å². The normalized spacial score (nSPS) is 14.7. The number of carbonyl (C=O) groups is 4. The average Bonchev–Trinajstić information content (AvgIpc) is 1.41. The van der Waals surface area contributed by atoms with Gasteiger partial charge in [0.15, 0.2) is 12.2 Å². The van der Waals surface area contributed by atoms with E-state index < -0.39 is 97.5 Å². The fraction of sp³-hybridized carbons (Fsp3) is 0.947. The molecule has 0 saturated heterocycles. The molecule has 0 aromatic carbocycles. The molecule has 5 unspecified atom stereocenters. The molecule has 0 aliphatic carbocycles. The molecule has 0 spiro atoms. The molecule has 0 heterocycles. The summed E-state index contributed by atoms with van der Waals surface area (Å²) in [6.45, 7) is 14.2. The minimum atomic E-state index is -4.96. The van der Waals surface area contributed by atoms with Gasteiger partial charge in [0.2, 0.25) is 0 Å². The first-order valence-corrected chi connectivity index (χ1v) is 42.3. The van der Waals surface area contributed by atoms with Crippen LogP contribution in [0.15, 0.2) is 0 Å². The number of aliphatic hydroxyl groups excluding tert-OH is 1. The summed E-state index contributed by atoms with van der Waals surface area (Å²) < 4.78 is 68.5. The van der Waals surface area contributed by atoms with Crippen LogP contribution in [0.4, 0.5) is 0 Å². The molecule has 0 radical (unpaired) electrons. The summed E-state index contributed by atoms with van der Waals surface area (Å²) in [7, 11) is -9.91. The van der Waals surface area contributed by atoms with E-state index in [1.54, 1.807) is 0 Å². The highest BCUT2D eigenvalue weighted by Gasteiger charge is 2.30. The van der Waals surface area contributed by atoms with Crippen molar-refractivity contribution in [2.24, 2.45) is 23.7 Å². The molecule has 19 heteroatoms. The van der Waals surface area contributed by atoms with Crippen molar-refractivity contribution in [3.8, 4) is 0 Å². The van der Waals surface area contributed by atoms with Gasteiger partial charge < -0.3 is 33.8 Å². The number of ether oxygens (including phenoxy) is 4. The van der Waals surface area contributed by atoms with E-state index in [1.807, 2.05) is 0 Å². The van der Waals surface area contributed by atoms with E-state index in [0.29, 0.717) is 31.6 Å². The first-order chi connectivity index (χ1) is 45.7. The third-order valence-electron chi connectivity index (χ3n) is 18.3. The second-order valence-corrected chi connectivity index (χ2v) is 31.7. The van der Waals surface area contributed by atoms with E-state index in [1.165, 1.54) is 180 Å². The van der Waals surface area contributed by atoms with E-state index in [2.05, 4.69) is 55.4 Å². The molecule has 7 atom stereocenters. The number of hydrogen-bond acceptors (Lipinski definition) is 15. The number of esters is 4. The van der Waals surface area contributed by atoms with E-state index in [4.69, 9.17) is 37.0 Å². The predicted molar refractivity (Wildman–Crippen MR) is 386 cm³/mol. The Kier molecular flexibility index (Phi) is 64.0. The fourth-order valence-electron chi connectivity index (χ4n) is 11.5. The van der Waals surface area contributed by atoms with Crippen LogP contribution < -0.4 is 0 Å². The molecule has 0 aromatic heterocycles. The number of carbonyl (C=O) groups excluding carboxylic acids is 4. The van der Waals surface area contributed by atoms with Gasteiger partial charge in [-0.25, -0.2) is 9.13 Å². The lowest BCUT2D eigenvalue weighted by Crippen LogP contribution is -2.30. The molecule has 564 valence electrons. The van der Waals surface area contributed by atoms with Crippen molar-refractivity contribution in [2.45, 2.75) is 401 Å². The lowest BCUT2D eigenvalue weighted by Gasteiger charge is -2.21. The summed E-state index contributed by atoms with van der Waals surface area (Å²) in [5.74, 6) is 0.973. The van der Waals surface area contributed by atoms with Crippen LogP contribution in [0, 0.1) is 23.7 Å². The Morgan fingerprint density at radius 2 is 0.505 bits per heavy atom. The lowest BCUT2D eigenvalue weighted by molar-refractivity contribution is -0.161. The van der Waals surface area contributed by atoms with Crippen LogP contribution >= 0.6 is 15.6 Å². The molecule has 0 fully saturated rings. The summed E-state index contributed by atoms with van der Waals surface area (Å²) in [6, 6.07) is 0. The second kappa shape index (κ2) is 65.4. The molecule has 0 aliphatic heterocycles. The molecule has 0 rings (SSSR count). The van der Waals surface area contributed by atoms with Gasteiger partial charge in [-0.05, 0) is 49.4 Å². The molecule has 0 aromatic rings. The molecule has 0 saturated carbocycles. The lowest BCUT2D eigenvalue weighted by atomic mass is 9.99. The van der Waals surface area contributed by atoms with Crippen LogP contribution in [0.1, 0.15) is 383 Å². The van der Waals surface area contributed by atoms with Crippen molar-refractivity contribution in [1.82, 2.24) is 0 Å². The summed E-state index contributed by atoms with van der Waals surface area (Å²) in [4.78, 5) is 72.8. The Balaban J connectivity index is 5.23. The molecular formula is C76H148O17P2. The highest BCUT2D eigenvalue weighted by molar-refractivity contribution is 7.47. The number of phosphoric acid groups is 2. The largest absolute Gasteiger partial charge is 0.472 e. The van der Waals surface area contributed by atoms with Crippen LogP contribution in [-0.2, 0) is 65.4 Å². The zero-order chi connectivity index (χ0) is 70.3. The summed E-state index contributed by atoms with van der Waals surface area (Å²) in [5.41, 5.74) is 0. The Morgan fingerprint density at radius 1 is 0.295 bits per heavy atom. The van der Waals surface area contributed by atoms with E-state index >= 15 is 0 Å². The number of phosphoric ester groups is 2. The van der Waals surface area contributed by atoms with Crippen LogP contribution in [0.25, 0.3) is 0 Å². The van der Waals surface area contributed by atoms with Crippen molar-refractivity contribution in [3.63, 3.8) is 0 Å². The van der Waals surface area contributed by atoms with Gasteiger partial charge in [0.1, 0.15) is 19.3 Å². The van der Waals surface area contributed by atoms with Gasteiger partial charge in [0, 0.05) is 25.7 Å². The van der Waals surface area contributed by atoms with Crippen LogP contribution in [0.5, 0.6) is 0 Å². The molecule has 17 nitrogen and oxygen atoms in total. The first-order valence-electron chi connectivity index (χ1n) is 39.3. The Hall–Kier alpha value is -1.94. The van der Waals surface area contributed by atoms with E-state index in [0.717, 1.165) is 114 Å². The quantitative estimate of drug-likeness (QED) is 0.0222. The Labute approximate surface area is 581 Å². The maximum Gasteiger partial charge on any atom is 0.472 e. The van der Waals surface area contributed by atoms with Crippen molar-refractivity contribution in [1.29, 1.82) is 0 Å². The Bertz CT molecular complexity index is 1870. The minimum absolute atomic E-state index is 0.105. The maximum absolute atomic E-state index is 13.1. The number of hydrogen-bond donors (Lipinski definition) is 3. The SMILES string of the molecule is CCC(C)CCCCCCCCCCCCC(=O)O[C@H](COC(=O)CCCCCCCCCCC(C)CC)COP(=O)(O)OCC(O)COP(=O)(O)OC[C@@H](COC(=O)CCCCCCCCCC(C)C)OC(=O)CCCCCCCCCCCCCCCCCCC(C)C. The van der Waals surface area contributed by atoms with E-state index in [9.17, 15) is 43.2 Å². The van der Waals surface area contributed by atoms with Gasteiger partial charge in [-0.15, -0.1) is 0 Å². The van der Waals surface area contributed by atoms with Crippen molar-refractivity contribution < 1.29 is 80.2 Å². The minimum Gasteiger partial charge on any atom is -0.462 e. The van der Waals surface area contributed by atoms with Gasteiger partial charge in [-0.1, -0.05) is 331 Å². The predicted octanol–water partition coefficient (Wildman–Crippen LogP) is 22.0. The molecule has 0 bridgehead atoms. The molecule has 0 aliphatic rings. The highest BCUT2D eigenvalue weighted by atomic mass is 31.2. The Morgan fingerprint density at radius 3 is 0.747 bits per heavy atom. The molecule has 0 amide bonds. The summed E-state index contributed by atoms with van der Waals surface area (Å²) in [6.07, 6.45) is 49.9. The topological polar surface area (TPSA) is 237 Å². The summed E-state index contributed by atoms with van der Waals surface area (Å²) >= 11 is 0. The van der Waals surface area contributed by atoms with Crippen molar-refractivity contribution in [3.05, 3.63) is 0 Å². The van der Waals surface area contributed by atoms with Gasteiger partial charge >= 0.3 is 39.5 Å². The zero-order valence-electron chi connectivity index (χ0n) is 62.3. The fourth-order valence-corrected chi connectivity index (χ4v) is 13.1. The third-order valence-corrected chi connectivity index (χ3v) is 20.2. The zero-order valence-corrected chi connectivity index (χ0v) is 64.1. The van der Waals surface area contributed by atoms with Crippen LogP contribution in [0.3, 0.4) is 0 Å². The van der Waals surface area contributed by atoms with Crippen molar-refractivity contribution in [2.75, 3.05) is 39.6 Å². The van der Waals surface area contributed by atoms with Gasteiger partial charge in [0.05, 0.1) is 26.4 Å². The van der Waals surface area contributed by atoms with E-state index in [-0.39, 0.29) is 25.7 Å². The molecule has 95 heavy (non-hydrogen) atoms. The molecule has 3 N–H and O–H groups in total.